The minimum atomic E-state index is -0.352. The van der Waals surface area contributed by atoms with Gasteiger partial charge in [-0.05, 0) is 72.9 Å². The zero-order valence-electron chi connectivity index (χ0n) is 23.0. The third kappa shape index (κ3) is 5.88. The van der Waals surface area contributed by atoms with Gasteiger partial charge in [-0.2, -0.15) is 0 Å². The van der Waals surface area contributed by atoms with E-state index in [0.717, 1.165) is 47.2 Å². The quantitative estimate of drug-likeness (QED) is 0.520. The van der Waals surface area contributed by atoms with Crippen molar-refractivity contribution in [1.29, 1.82) is 0 Å². The number of piperidine rings is 1. The second kappa shape index (κ2) is 11.1. The monoisotopic (exact) mass is 500 g/mol. The van der Waals surface area contributed by atoms with E-state index in [1.807, 2.05) is 61.2 Å². The molecule has 0 spiro atoms. The normalized spacial score (nSPS) is 21.9. The fourth-order valence-electron chi connectivity index (χ4n) is 5.52. The summed E-state index contributed by atoms with van der Waals surface area (Å²) in [5.41, 5.74) is 5.61. The molecular weight excluding hydrogens is 460 g/mol. The van der Waals surface area contributed by atoms with E-state index < -0.39 is 0 Å². The van der Waals surface area contributed by atoms with Gasteiger partial charge in [0.25, 0.3) is 5.91 Å². The van der Waals surface area contributed by atoms with E-state index in [1.165, 1.54) is 5.56 Å². The van der Waals surface area contributed by atoms with Crippen molar-refractivity contribution < 1.29 is 14.3 Å². The SMILES string of the molecule is COC1C=CC(C2C(C(=O)Nc3cccc(C(C)(C)C)c3)CCCN2C(=O)c2c(C)cccc2C)=CC1. The van der Waals surface area contributed by atoms with Gasteiger partial charge < -0.3 is 15.0 Å². The van der Waals surface area contributed by atoms with Crippen LogP contribution in [0.2, 0.25) is 0 Å². The lowest BCUT2D eigenvalue weighted by atomic mass is 9.81. The van der Waals surface area contributed by atoms with Crippen molar-refractivity contribution >= 4 is 17.5 Å². The number of carbonyl (C=O) groups is 2. The van der Waals surface area contributed by atoms with Crippen LogP contribution < -0.4 is 5.32 Å². The molecule has 196 valence electrons. The zero-order chi connectivity index (χ0) is 26.7. The van der Waals surface area contributed by atoms with Gasteiger partial charge in [0.2, 0.25) is 5.91 Å². The molecule has 1 heterocycles. The summed E-state index contributed by atoms with van der Waals surface area (Å²) < 4.78 is 5.50. The van der Waals surface area contributed by atoms with Gasteiger partial charge in [0.1, 0.15) is 0 Å². The number of likely N-dealkylation sites (tertiary alicyclic amines) is 1. The van der Waals surface area contributed by atoms with E-state index in [9.17, 15) is 9.59 Å². The van der Waals surface area contributed by atoms with Crippen LogP contribution in [0.3, 0.4) is 0 Å². The van der Waals surface area contributed by atoms with Crippen LogP contribution in [0, 0.1) is 19.8 Å². The molecule has 37 heavy (non-hydrogen) atoms. The number of amides is 2. The standard InChI is InChI=1S/C32H40N2O3/c1-21-10-7-11-22(2)28(21)31(36)34-19-9-14-27(29(34)23-15-17-26(37-6)18-16-23)30(35)33-25-13-8-12-24(20-25)32(3,4)5/h7-8,10-13,15-17,20,26-27,29H,9,14,18-19H2,1-6H3,(H,33,35). The van der Waals surface area contributed by atoms with Crippen LogP contribution in [0.5, 0.6) is 0 Å². The second-order valence-electron chi connectivity index (χ2n) is 11.4. The van der Waals surface area contributed by atoms with Crippen LogP contribution in [-0.2, 0) is 14.9 Å². The number of methoxy groups -OCH3 is 1. The number of carbonyl (C=O) groups excluding carboxylic acids is 2. The van der Waals surface area contributed by atoms with Crippen LogP contribution in [0.1, 0.15) is 67.1 Å². The number of benzene rings is 2. The maximum Gasteiger partial charge on any atom is 0.254 e. The van der Waals surface area contributed by atoms with Gasteiger partial charge in [-0.25, -0.2) is 0 Å². The summed E-state index contributed by atoms with van der Waals surface area (Å²) in [5, 5.41) is 3.18. The predicted molar refractivity (Wildman–Crippen MR) is 150 cm³/mol. The molecule has 2 aromatic carbocycles. The topological polar surface area (TPSA) is 58.6 Å². The molecule has 1 aliphatic carbocycles. The molecule has 5 heteroatoms. The fraction of sp³-hybridized carbons (Fsp3) is 0.438. The third-order valence-corrected chi connectivity index (χ3v) is 7.65. The molecule has 3 unspecified atom stereocenters. The van der Waals surface area contributed by atoms with Gasteiger partial charge >= 0.3 is 0 Å². The Balaban J connectivity index is 1.68. The molecule has 0 saturated carbocycles. The van der Waals surface area contributed by atoms with E-state index in [4.69, 9.17) is 4.74 Å². The summed E-state index contributed by atoms with van der Waals surface area (Å²) in [4.78, 5) is 29.8. The first-order chi connectivity index (χ1) is 17.6. The molecule has 0 aromatic heterocycles. The molecule has 1 aliphatic heterocycles. The lowest BCUT2D eigenvalue weighted by Gasteiger charge is -2.42. The molecule has 1 N–H and O–H groups in total. The number of anilines is 1. The maximum atomic E-state index is 14.0. The number of hydrogen-bond acceptors (Lipinski definition) is 3. The number of aryl methyl sites for hydroxylation is 2. The van der Waals surface area contributed by atoms with Gasteiger partial charge in [0.15, 0.2) is 0 Å². The van der Waals surface area contributed by atoms with E-state index >= 15 is 0 Å². The molecule has 2 aromatic rings. The molecule has 5 nitrogen and oxygen atoms in total. The minimum Gasteiger partial charge on any atom is -0.377 e. The summed E-state index contributed by atoms with van der Waals surface area (Å²) in [6.07, 6.45) is 8.46. The highest BCUT2D eigenvalue weighted by Gasteiger charge is 2.41. The van der Waals surface area contributed by atoms with E-state index in [2.05, 4.69) is 44.3 Å². The van der Waals surface area contributed by atoms with E-state index in [-0.39, 0.29) is 35.3 Å². The summed E-state index contributed by atoms with van der Waals surface area (Å²) >= 11 is 0. The molecule has 1 fully saturated rings. The molecule has 3 atom stereocenters. The Morgan fingerprint density at radius 1 is 1.05 bits per heavy atom. The lowest BCUT2D eigenvalue weighted by molar-refractivity contribution is -0.122. The Kier molecular flexibility index (Phi) is 8.03. The van der Waals surface area contributed by atoms with Crippen LogP contribution in [0.15, 0.2) is 66.3 Å². The number of rotatable bonds is 5. The molecule has 1 saturated heterocycles. The number of ether oxygens (including phenoxy) is 1. The van der Waals surface area contributed by atoms with E-state index in [1.54, 1.807) is 7.11 Å². The van der Waals surface area contributed by atoms with E-state index in [0.29, 0.717) is 6.54 Å². The fourth-order valence-corrected chi connectivity index (χ4v) is 5.52. The maximum absolute atomic E-state index is 14.0. The molecule has 2 amide bonds. The Morgan fingerprint density at radius 2 is 1.76 bits per heavy atom. The molecule has 0 radical (unpaired) electrons. The smallest absolute Gasteiger partial charge is 0.254 e. The predicted octanol–water partition coefficient (Wildman–Crippen LogP) is 6.36. The van der Waals surface area contributed by atoms with Crippen LogP contribution in [-0.4, -0.2) is 42.5 Å². The number of hydrogen-bond donors (Lipinski definition) is 1. The summed E-state index contributed by atoms with van der Waals surface area (Å²) in [5.74, 6) is -0.399. The second-order valence-corrected chi connectivity index (χ2v) is 11.4. The van der Waals surface area contributed by atoms with Gasteiger partial charge in [-0.1, -0.05) is 69.3 Å². The minimum absolute atomic E-state index is 0.00371. The van der Waals surface area contributed by atoms with Crippen LogP contribution in [0.25, 0.3) is 0 Å². The van der Waals surface area contributed by atoms with Crippen LogP contribution >= 0.6 is 0 Å². The molecule has 2 aliphatic rings. The largest absolute Gasteiger partial charge is 0.377 e. The van der Waals surface area contributed by atoms with Crippen molar-refractivity contribution in [1.82, 2.24) is 4.90 Å². The summed E-state index contributed by atoms with van der Waals surface area (Å²) in [6, 6.07) is 13.7. The highest BCUT2D eigenvalue weighted by atomic mass is 16.5. The third-order valence-electron chi connectivity index (χ3n) is 7.65. The van der Waals surface area contributed by atoms with Gasteiger partial charge in [0, 0.05) is 24.9 Å². The molecule has 0 bridgehead atoms. The Hall–Kier alpha value is -3.18. The number of nitrogens with one attached hydrogen (secondary N) is 1. The molecule has 4 rings (SSSR count). The lowest BCUT2D eigenvalue weighted by Crippen LogP contribution is -2.53. The average molecular weight is 501 g/mol. The first kappa shape index (κ1) is 26.9. The highest BCUT2D eigenvalue weighted by Crippen LogP contribution is 2.35. The first-order valence-corrected chi connectivity index (χ1v) is 13.3. The Labute approximate surface area is 221 Å². The summed E-state index contributed by atoms with van der Waals surface area (Å²) in [6.45, 7) is 11.1. The summed E-state index contributed by atoms with van der Waals surface area (Å²) in [7, 11) is 1.70. The van der Waals surface area contributed by atoms with Crippen molar-refractivity contribution in [3.63, 3.8) is 0 Å². The average Bonchev–Trinajstić information content (AvgIpc) is 2.87. The van der Waals surface area contributed by atoms with Gasteiger partial charge in [0.05, 0.1) is 18.1 Å². The van der Waals surface area contributed by atoms with Gasteiger partial charge in [-0.15, -0.1) is 0 Å². The Bertz CT molecular complexity index is 1200. The number of nitrogens with zero attached hydrogens (tertiary/aromatic N) is 1. The molecular formula is C32H40N2O3. The van der Waals surface area contributed by atoms with Crippen molar-refractivity contribution in [2.75, 3.05) is 19.0 Å². The van der Waals surface area contributed by atoms with Crippen molar-refractivity contribution in [3.05, 3.63) is 88.5 Å². The Morgan fingerprint density at radius 3 is 2.38 bits per heavy atom. The first-order valence-electron chi connectivity index (χ1n) is 13.3. The van der Waals surface area contributed by atoms with Crippen molar-refractivity contribution in [2.24, 2.45) is 5.92 Å². The van der Waals surface area contributed by atoms with Gasteiger partial charge in [-0.3, -0.25) is 9.59 Å². The zero-order valence-corrected chi connectivity index (χ0v) is 23.0. The van der Waals surface area contributed by atoms with Crippen molar-refractivity contribution in [3.8, 4) is 0 Å². The van der Waals surface area contributed by atoms with Crippen molar-refractivity contribution in [2.45, 2.75) is 71.4 Å². The van der Waals surface area contributed by atoms with Crippen LogP contribution in [0.4, 0.5) is 5.69 Å². The highest BCUT2D eigenvalue weighted by molar-refractivity contribution is 5.99.